The van der Waals surface area contributed by atoms with Gasteiger partial charge in [0.2, 0.25) is 5.91 Å². The average molecular weight is 387 g/mol. The molecule has 7 nitrogen and oxygen atoms in total. The lowest BCUT2D eigenvalue weighted by Crippen LogP contribution is -2.51. The minimum atomic E-state index is 0.271. The molecule has 0 bridgehead atoms. The summed E-state index contributed by atoms with van der Waals surface area (Å²) in [6.07, 6.45) is 5.88. The van der Waals surface area contributed by atoms with Crippen molar-refractivity contribution < 1.29 is 4.79 Å². The lowest BCUT2D eigenvalue weighted by Gasteiger charge is -2.37. The second kappa shape index (κ2) is 9.07. The molecule has 28 heavy (non-hydrogen) atoms. The van der Waals surface area contributed by atoms with E-state index in [0.717, 1.165) is 83.4 Å². The number of hydrogen-bond donors (Lipinski definition) is 0. The molecule has 0 spiro atoms. The molecule has 7 heteroatoms. The molecule has 1 saturated carbocycles. The third kappa shape index (κ3) is 4.40. The smallest absolute Gasteiger partial charge is 0.225 e. The third-order valence-electron chi connectivity index (χ3n) is 6.65. The number of carbonyl (C=O) groups excluding carboxylic acids is 1. The van der Waals surface area contributed by atoms with Crippen molar-refractivity contribution in [3.8, 4) is 0 Å². The summed E-state index contributed by atoms with van der Waals surface area (Å²) in [7, 11) is 0. The number of anilines is 2. The van der Waals surface area contributed by atoms with E-state index < -0.39 is 0 Å². The van der Waals surface area contributed by atoms with E-state index >= 15 is 0 Å². The van der Waals surface area contributed by atoms with Gasteiger partial charge in [-0.25, -0.2) is 0 Å². The third-order valence-corrected chi connectivity index (χ3v) is 6.65. The summed E-state index contributed by atoms with van der Waals surface area (Å²) in [5, 5.41) is 8.98. The van der Waals surface area contributed by atoms with Gasteiger partial charge in [0.05, 0.1) is 0 Å². The molecule has 4 rings (SSSR count). The number of amides is 1. The fourth-order valence-electron chi connectivity index (χ4n) is 4.71. The van der Waals surface area contributed by atoms with E-state index in [1.165, 1.54) is 19.3 Å². The first-order valence-corrected chi connectivity index (χ1v) is 11.1. The second-order valence-electron chi connectivity index (χ2n) is 8.32. The van der Waals surface area contributed by atoms with Crippen LogP contribution in [0, 0.1) is 5.92 Å². The summed E-state index contributed by atoms with van der Waals surface area (Å²) in [6.45, 7) is 10.9. The molecule has 3 fully saturated rings. The normalized spacial score (nSPS) is 22.5. The topological polar surface area (TPSA) is 55.8 Å². The van der Waals surface area contributed by atoms with Gasteiger partial charge < -0.3 is 19.6 Å². The Kier molecular flexibility index (Phi) is 6.29. The molecule has 1 aromatic heterocycles. The van der Waals surface area contributed by atoms with Gasteiger partial charge in [-0.05, 0) is 31.5 Å². The number of carbonyl (C=O) groups is 1. The zero-order valence-electron chi connectivity index (χ0n) is 17.2. The molecular formula is C21H34N6O. The number of aromatic nitrogens is 2. The van der Waals surface area contributed by atoms with Crippen molar-refractivity contribution in [3.05, 3.63) is 12.1 Å². The monoisotopic (exact) mass is 386 g/mol. The van der Waals surface area contributed by atoms with Gasteiger partial charge in [-0.1, -0.05) is 26.2 Å². The SMILES string of the molecule is CCN1CCN(c2ccc(N3CCN(C(=O)C4CCCCC4)CC3)nn2)CC1. The van der Waals surface area contributed by atoms with Crippen LogP contribution in [0.15, 0.2) is 12.1 Å². The lowest BCUT2D eigenvalue weighted by atomic mass is 9.88. The number of nitrogens with zero attached hydrogens (tertiary/aromatic N) is 6. The van der Waals surface area contributed by atoms with Crippen LogP contribution in [0.25, 0.3) is 0 Å². The van der Waals surface area contributed by atoms with E-state index in [-0.39, 0.29) is 5.92 Å². The molecule has 0 aromatic carbocycles. The first-order valence-electron chi connectivity index (χ1n) is 11.1. The molecule has 0 atom stereocenters. The maximum absolute atomic E-state index is 12.7. The van der Waals surface area contributed by atoms with Crippen LogP contribution in [0.3, 0.4) is 0 Å². The van der Waals surface area contributed by atoms with E-state index in [9.17, 15) is 4.79 Å². The summed E-state index contributed by atoms with van der Waals surface area (Å²) in [4.78, 5) is 21.9. The number of piperazine rings is 2. The Bertz CT molecular complexity index is 629. The Morgan fingerprint density at radius 1 is 0.857 bits per heavy atom. The minimum absolute atomic E-state index is 0.271. The Balaban J connectivity index is 1.28. The average Bonchev–Trinajstić information content (AvgIpc) is 2.79. The van der Waals surface area contributed by atoms with Crippen LogP contribution < -0.4 is 9.80 Å². The summed E-state index contributed by atoms with van der Waals surface area (Å²) >= 11 is 0. The Hall–Kier alpha value is -1.89. The van der Waals surface area contributed by atoms with Gasteiger partial charge in [-0.3, -0.25) is 4.79 Å². The highest BCUT2D eigenvalue weighted by atomic mass is 16.2. The fourth-order valence-corrected chi connectivity index (χ4v) is 4.71. The van der Waals surface area contributed by atoms with E-state index in [1.807, 2.05) is 0 Å². The van der Waals surface area contributed by atoms with Gasteiger partial charge in [0.1, 0.15) is 0 Å². The summed E-state index contributed by atoms with van der Waals surface area (Å²) in [6, 6.07) is 4.19. The summed E-state index contributed by atoms with van der Waals surface area (Å²) in [5.41, 5.74) is 0. The molecule has 2 saturated heterocycles. The predicted molar refractivity (Wildman–Crippen MR) is 112 cm³/mol. The van der Waals surface area contributed by atoms with Gasteiger partial charge in [0.25, 0.3) is 0 Å². The molecule has 2 aliphatic heterocycles. The van der Waals surface area contributed by atoms with Crippen molar-refractivity contribution in [2.75, 3.05) is 68.7 Å². The van der Waals surface area contributed by atoms with Gasteiger partial charge in [-0.2, -0.15) is 0 Å². The number of hydrogen-bond acceptors (Lipinski definition) is 6. The van der Waals surface area contributed by atoms with E-state index in [1.54, 1.807) is 0 Å². The maximum Gasteiger partial charge on any atom is 0.225 e. The van der Waals surface area contributed by atoms with Crippen LogP contribution in [-0.4, -0.2) is 84.8 Å². The molecule has 0 unspecified atom stereocenters. The molecule has 0 radical (unpaired) electrons. The highest BCUT2D eigenvalue weighted by Gasteiger charge is 2.29. The molecule has 3 aliphatic rings. The molecule has 154 valence electrons. The van der Waals surface area contributed by atoms with Crippen LogP contribution in [0.5, 0.6) is 0 Å². The van der Waals surface area contributed by atoms with Crippen molar-refractivity contribution in [3.63, 3.8) is 0 Å². The quantitative estimate of drug-likeness (QED) is 0.787. The van der Waals surface area contributed by atoms with Crippen molar-refractivity contribution in [1.82, 2.24) is 20.0 Å². The van der Waals surface area contributed by atoms with Gasteiger partial charge in [0.15, 0.2) is 11.6 Å². The minimum Gasteiger partial charge on any atom is -0.353 e. The fraction of sp³-hybridized carbons (Fsp3) is 0.762. The van der Waals surface area contributed by atoms with Gasteiger partial charge in [-0.15, -0.1) is 10.2 Å². The van der Waals surface area contributed by atoms with Crippen molar-refractivity contribution >= 4 is 17.5 Å². The lowest BCUT2D eigenvalue weighted by molar-refractivity contribution is -0.136. The van der Waals surface area contributed by atoms with Crippen molar-refractivity contribution in [2.24, 2.45) is 5.92 Å². The Morgan fingerprint density at radius 2 is 1.39 bits per heavy atom. The second-order valence-corrected chi connectivity index (χ2v) is 8.32. The van der Waals surface area contributed by atoms with Gasteiger partial charge in [0, 0.05) is 58.3 Å². The van der Waals surface area contributed by atoms with Gasteiger partial charge >= 0.3 is 0 Å². The molecule has 1 amide bonds. The zero-order valence-corrected chi connectivity index (χ0v) is 17.2. The van der Waals surface area contributed by atoms with Crippen LogP contribution >= 0.6 is 0 Å². The van der Waals surface area contributed by atoms with Crippen LogP contribution in [-0.2, 0) is 4.79 Å². The number of likely N-dealkylation sites (N-methyl/N-ethyl adjacent to an activating group) is 1. The first kappa shape index (κ1) is 19.4. The molecule has 1 aliphatic carbocycles. The molecule has 0 N–H and O–H groups in total. The molecular weight excluding hydrogens is 352 g/mol. The zero-order chi connectivity index (χ0) is 19.3. The van der Waals surface area contributed by atoms with Crippen molar-refractivity contribution in [1.29, 1.82) is 0 Å². The molecule has 1 aromatic rings. The summed E-state index contributed by atoms with van der Waals surface area (Å²) < 4.78 is 0. The molecule has 3 heterocycles. The van der Waals surface area contributed by atoms with E-state index in [2.05, 4.69) is 48.9 Å². The predicted octanol–water partition coefficient (Wildman–Crippen LogP) is 1.85. The Labute approximate surface area is 168 Å². The maximum atomic E-state index is 12.7. The van der Waals surface area contributed by atoms with Crippen molar-refractivity contribution in [2.45, 2.75) is 39.0 Å². The first-order chi connectivity index (χ1) is 13.7. The van der Waals surface area contributed by atoms with Crippen LogP contribution in [0.4, 0.5) is 11.6 Å². The van der Waals surface area contributed by atoms with Crippen LogP contribution in [0.1, 0.15) is 39.0 Å². The van der Waals surface area contributed by atoms with E-state index in [0.29, 0.717) is 5.91 Å². The highest BCUT2D eigenvalue weighted by molar-refractivity contribution is 5.79. The van der Waals surface area contributed by atoms with E-state index in [4.69, 9.17) is 0 Å². The standard InChI is InChI=1S/C21H34N6O/c1-2-24-10-12-25(13-11-24)19-8-9-20(23-22-19)26-14-16-27(17-15-26)21(28)18-6-4-3-5-7-18/h8-9,18H,2-7,10-17H2,1H3. The number of rotatable bonds is 4. The highest BCUT2D eigenvalue weighted by Crippen LogP contribution is 2.26. The summed E-state index contributed by atoms with van der Waals surface area (Å²) in [5.74, 6) is 2.56. The Morgan fingerprint density at radius 3 is 1.89 bits per heavy atom. The largest absolute Gasteiger partial charge is 0.353 e. The van der Waals surface area contributed by atoms with Crippen LogP contribution in [0.2, 0.25) is 0 Å².